The molecule has 11 aromatic heterocycles. The lowest BCUT2D eigenvalue weighted by Crippen LogP contribution is -2.46. The maximum Gasteiger partial charge on any atom is 0.469 e. The maximum absolute atomic E-state index is 12.3. The zero-order chi connectivity index (χ0) is 107. The van der Waals surface area contributed by atoms with E-state index in [1.807, 2.05) is 0 Å². The minimum Gasteiger partial charge on any atom is -0.479 e. The van der Waals surface area contributed by atoms with Crippen LogP contribution < -0.4 is 37.8 Å². The molecule has 0 aromatic carbocycles. The molecule has 0 bridgehead atoms. The number of amides is 1. The average Bonchev–Trinajstić information content (AvgIpc) is 1.61. The molecule has 24 atom stereocenters. The molecule has 0 radical (unpaired) electrons. The number of rotatable bonds is 25. The summed E-state index contributed by atoms with van der Waals surface area (Å²) < 4.78 is 136. The van der Waals surface area contributed by atoms with Crippen LogP contribution in [-0.4, -0.2) is 381 Å². The van der Waals surface area contributed by atoms with Crippen LogP contribution in [0.25, 0.3) is 55.6 Å². The molecule has 6 saturated heterocycles. The summed E-state index contributed by atoms with van der Waals surface area (Å²) >= 11 is 5.99. The first-order valence-corrected chi connectivity index (χ1v) is 51.4. The number of methoxy groups -OCH3 is 1. The molecule has 11 aromatic rings. The molecule has 0 unspecified atom stereocenters. The first-order chi connectivity index (χ1) is 68.0. The van der Waals surface area contributed by atoms with Crippen LogP contribution in [0.3, 0.4) is 0 Å². The largest absolute Gasteiger partial charge is 0.479 e. The molecule has 812 valence electrons. The maximum atomic E-state index is 12.3. The number of phosphoric acid groups is 6. The standard InChI is InChI=1S/2C12H17N4O8P.C12H16N3O9P.C12H16N3O7P.C11H14ClN4O7P.C11H15N4O8P.CH4/c1-5-14-10-7(11(15-5)22-2)13-4-16(10)12-9(18)8(17)6(24-12)3-23-25(19,20)21;1-5-14-10-7(11(19)15(5)2)13-4-16(10)12-9(18)8(17)6(24-12)3-23-25(20,21)22;1-4-13-10-5(11(19)14-4)2-7(16)15(10)12-9(18)8(17)6(24-12)3-23-25(20,21)22;13-7-1-3-14-11-6(7)2-4-15(11)12-10(17)9(16)8(22-12)5-21-23(18,19)20;1-4-14-9(12)6-10(15-4)16(3-13-6)11-8(18)7(17)5(23-11)2-22-24(19,20)21;12-11-13-8-4(9(18)14-11)1-2-15(8)10-7(17)6(16)5(23-10)3-22-24(19,20)21;/h4,6,8-9,12,17-18H,3H2,1-2H3,(H2,19,20,21);4,6,8-9,12,17-18H,3H2,1-2H3,(H2,20,21,22);6,8-9,12,17-18H,2-3H2,1H3,(H,13,14,19)(H2,20,21,22);1-4,8-10,12,16-17H,5H2,(H2,13,14)(H2,18,19,20);3,5,7-8,11,17-18H,2H2,1H3,(H2,19,20,21);1-2,5-7,10,16-17H,3H2,(H2,19,20,21)(H3,12,13,14,18);1H4/t3*6-,8-,9-,12-;8-,9-,10-,12-;5-,7-,8-,11-;5-,6-,7-,10-;/m111111./s1. The second-order valence-electron chi connectivity index (χ2n) is 32.5. The van der Waals surface area contributed by atoms with Gasteiger partial charge in [0.2, 0.25) is 17.7 Å². The van der Waals surface area contributed by atoms with E-state index in [0.29, 0.717) is 56.5 Å². The summed E-state index contributed by atoms with van der Waals surface area (Å²) in [5, 5.41) is 122. The number of aliphatic hydroxyl groups excluding tert-OH is 12. The Bertz CT molecular complexity index is 7090. The van der Waals surface area contributed by atoms with Gasteiger partial charge in [0.05, 0.1) is 83.1 Å². The number of anilines is 3. The molecule has 147 heavy (non-hydrogen) atoms. The number of carbonyl (C=O) groups is 1. The highest BCUT2D eigenvalue weighted by atomic mass is 35.5. The number of nitrogens with zero attached hydrogens (tertiary/aromatic N) is 18. The van der Waals surface area contributed by atoms with Crippen LogP contribution in [0.2, 0.25) is 5.15 Å². The molecule has 0 spiro atoms. The molecule has 1 amide bonds. The monoisotopic (exact) mass is 2230 g/mol. The van der Waals surface area contributed by atoms with Gasteiger partial charge in [-0.1, -0.05) is 19.0 Å². The number of aromatic nitrogens is 19. The van der Waals surface area contributed by atoms with E-state index >= 15 is 0 Å². The third-order valence-electron chi connectivity index (χ3n) is 22.5. The number of aryl methyl sites for hydroxylation is 4. The molecule has 0 aliphatic carbocycles. The molecule has 18 heterocycles. The molecular weight excluding hydrogens is 2130 g/mol. The van der Waals surface area contributed by atoms with E-state index in [1.54, 1.807) is 46.1 Å². The number of aliphatic hydroxyl groups is 12. The molecule has 18 rings (SSSR count). The van der Waals surface area contributed by atoms with E-state index in [0.717, 1.165) is 4.90 Å². The lowest BCUT2D eigenvalue weighted by molar-refractivity contribution is -0.121. The molecule has 76 heteroatoms. The van der Waals surface area contributed by atoms with Gasteiger partial charge in [-0.25, -0.2) is 72.2 Å². The van der Waals surface area contributed by atoms with Crippen LogP contribution in [0.4, 0.5) is 17.5 Å². The smallest absolute Gasteiger partial charge is 0.469 e. The lowest BCUT2D eigenvalue weighted by Gasteiger charge is -2.26. The van der Waals surface area contributed by atoms with E-state index in [4.69, 9.17) is 115 Å². The van der Waals surface area contributed by atoms with Gasteiger partial charge in [-0.15, -0.1) is 0 Å². The summed E-state index contributed by atoms with van der Waals surface area (Å²) in [4.78, 5) is 204. The number of hydrogen-bond acceptors (Lipinski definition) is 48. The fourth-order valence-electron chi connectivity index (χ4n) is 15.5. The number of pyridine rings is 1. The van der Waals surface area contributed by atoms with Crippen molar-refractivity contribution >= 4 is 137 Å². The predicted molar refractivity (Wildman–Crippen MR) is 484 cm³/mol. The van der Waals surface area contributed by atoms with E-state index in [-0.39, 0.29) is 75.8 Å². The summed E-state index contributed by atoms with van der Waals surface area (Å²) in [7, 11) is -25.5. The van der Waals surface area contributed by atoms with Crippen LogP contribution in [0.15, 0.2) is 70.2 Å². The van der Waals surface area contributed by atoms with Gasteiger partial charge < -0.3 is 179 Å². The van der Waals surface area contributed by atoms with Crippen molar-refractivity contribution in [3.05, 3.63) is 121 Å². The molecule has 6 fully saturated rings. The number of carbonyl (C=O) groups excluding carboxylic acids is 1. The minimum absolute atomic E-state index is 0. The van der Waals surface area contributed by atoms with E-state index in [1.165, 1.54) is 78.9 Å². The Kier molecular flexibility index (Phi) is 36.4. The number of nitrogens with one attached hydrogen (secondary N) is 2. The van der Waals surface area contributed by atoms with Gasteiger partial charge >= 0.3 is 46.9 Å². The Hall–Kier alpha value is -9.46. The zero-order valence-electron chi connectivity index (χ0n) is 75.4. The Morgan fingerprint density at radius 2 is 0.755 bits per heavy atom. The molecule has 30 N–H and O–H groups in total. The number of hydrogen-bond donors (Lipinski definition) is 28. The van der Waals surface area contributed by atoms with Crippen molar-refractivity contribution < 1.29 is 212 Å². The van der Waals surface area contributed by atoms with Gasteiger partial charge in [-0.05, 0) is 45.9 Å². The fourth-order valence-corrected chi connectivity index (χ4v) is 17.8. The lowest BCUT2D eigenvalue weighted by atomic mass is 10.1. The van der Waals surface area contributed by atoms with Gasteiger partial charge in [0.25, 0.3) is 16.7 Å². The SMILES string of the molecule is C.COc1nc(C)nc2c1ncn2[C@@H]1O[C@H](COP(=O)(O)O)[C@@H](O)[C@H]1O.Cc1nc(Cl)c2ncn([C@@H]3O[C@H](COP(=O)(O)O)[C@@H](O)[C@H]3O)c2n1.Cc1nc2c(c(=O)[nH]1)CC(=O)N2[C@@H]1O[C@H](COP(=O)(O)O)[C@@H](O)[C@H]1O.Cc1nc2c(ncn2[C@@H]2O[C@H](COP(=O)(O)O)[C@@H](O)[C@H]2O)c(=O)n1C.Nc1ccnc2c1ccn2[C@@H]1O[C@H](COP(=O)(O)O)[C@@H](O)[C@H]1O.Nc1nc2c(ccn2[C@@H]2O[C@H](COP(=O)(O)O)[C@@H](O)[C@H]2O)c(=O)[nH]1. The number of aromatic amines is 2. The normalized spacial score (nSPS) is 27.8. The Labute approximate surface area is 824 Å². The predicted octanol–water partition coefficient (Wildman–Crippen LogP) is -7.90. The molecule has 7 aliphatic heterocycles. The quantitative estimate of drug-likeness (QED) is 0.0187. The van der Waals surface area contributed by atoms with Crippen molar-refractivity contribution in [2.45, 2.75) is 189 Å². The number of H-pyrrole nitrogens is 2. The molecule has 7 aliphatic rings. The van der Waals surface area contributed by atoms with Gasteiger partial charge in [0.15, 0.2) is 76.1 Å². The second kappa shape index (κ2) is 46.0. The third kappa shape index (κ3) is 26.8. The van der Waals surface area contributed by atoms with Crippen molar-refractivity contribution in [3.8, 4) is 5.88 Å². The number of imidazole rings is 3. The van der Waals surface area contributed by atoms with Gasteiger partial charge in [-0.2, -0.15) is 9.97 Å². The average molecular weight is 2230 g/mol. The highest BCUT2D eigenvalue weighted by Crippen LogP contribution is 2.47. The Morgan fingerprint density at radius 1 is 0.408 bits per heavy atom. The van der Waals surface area contributed by atoms with E-state index in [2.05, 4.69) is 91.9 Å². The molecule has 69 nitrogen and oxygen atoms in total. The number of halogens is 1. The summed E-state index contributed by atoms with van der Waals surface area (Å²) in [6.07, 6.45) is -22.9. The number of fused-ring (bicyclic) bond motifs is 6. The number of ether oxygens (including phenoxy) is 7. The first-order valence-electron chi connectivity index (χ1n) is 41.8. The summed E-state index contributed by atoms with van der Waals surface area (Å²) in [5.41, 5.74) is 12.6. The van der Waals surface area contributed by atoms with E-state index < -0.39 is 251 Å². The van der Waals surface area contributed by atoms with Crippen LogP contribution in [0.5, 0.6) is 5.88 Å². The van der Waals surface area contributed by atoms with Gasteiger partial charge in [0.1, 0.15) is 150 Å². The van der Waals surface area contributed by atoms with Gasteiger partial charge in [0, 0.05) is 36.7 Å². The number of nitrogen functional groups attached to an aromatic ring is 2. The highest BCUT2D eigenvalue weighted by molar-refractivity contribution is 7.47. The topological polar surface area (TPSA) is 1030 Å². The van der Waals surface area contributed by atoms with E-state index in [9.17, 15) is 108 Å². The fraction of sp³-hybridized carbons (Fsp3) is 0.535. The third-order valence-corrected chi connectivity index (χ3v) is 25.7. The van der Waals surface area contributed by atoms with Crippen LogP contribution >= 0.6 is 58.5 Å². The first kappa shape index (κ1) is 116. The Balaban J connectivity index is 0.000000157. The van der Waals surface area contributed by atoms with Crippen LogP contribution in [0.1, 0.15) is 67.4 Å². The van der Waals surface area contributed by atoms with Crippen molar-refractivity contribution in [2.75, 3.05) is 63.1 Å². The van der Waals surface area contributed by atoms with Crippen molar-refractivity contribution in [1.29, 1.82) is 0 Å². The van der Waals surface area contributed by atoms with Crippen LogP contribution in [0, 0.1) is 27.7 Å². The van der Waals surface area contributed by atoms with Gasteiger partial charge in [-0.3, -0.25) is 74.5 Å². The highest BCUT2D eigenvalue weighted by Gasteiger charge is 2.54. The minimum atomic E-state index is -4.80. The number of nitrogens with two attached hydrogens (primary N) is 2. The summed E-state index contributed by atoms with van der Waals surface area (Å²) in [6.45, 7) is 2.70. The zero-order valence-corrected chi connectivity index (χ0v) is 81.5. The van der Waals surface area contributed by atoms with Crippen LogP contribution in [-0.2, 0) is 101 Å². The number of phosphoric ester groups is 6. The Morgan fingerprint density at radius 3 is 1.16 bits per heavy atom. The van der Waals surface area contributed by atoms with Crippen molar-refractivity contribution in [1.82, 2.24) is 92.2 Å². The summed E-state index contributed by atoms with van der Waals surface area (Å²) in [6, 6.07) is 4.76. The van der Waals surface area contributed by atoms with Crippen molar-refractivity contribution in [3.63, 3.8) is 0 Å². The molecular formula is C71H99ClN22O47P6. The molecule has 0 saturated carbocycles. The second-order valence-corrected chi connectivity index (χ2v) is 40.3. The summed E-state index contributed by atoms with van der Waals surface area (Å²) in [5.74, 6) is 0.999. The van der Waals surface area contributed by atoms with Crippen molar-refractivity contribution in [2.24, 2.45) is 7.05 Å².